The van der Waals surface area contributed by atoms with Gasteiger partial charge >= 0.3 is 0 Å². The summed E-state index contributed by atoms with van der Waals surface area (Å²) in [5, 5.41) is 17.0. The third kappa shape index (κ3) is 2.93. The van der Waals surface area contributed by atoms with Crippen molar-refractivity contribution in [2.24, 2.45) is 0 Å². The molecule has 0 radical (unpaired) electrons. The first kappa shape index (κ1) is 12.4. The summed E-state index contributed by atoms with van der Waals surface area (Å²) < 4.78 is 0. The number of hydrogen-bond donors (Lipinski definition) is 2. The van der Waals surface area contributed by atoms with Crippen LogP contribution >= 0.6 is 0 Å². The van der Waals surface area contributed by atoms with E-state index in [1.54, 1.807) is 6.07 Å². The summed E-state index contributed by atoms with van der Waals surface area (Å²) in [6, 6.07) is 5.33. The normalized spacial score (nSPS) is 12.2. The minimum absolute atomic E-state index is 0.128. The van der Waals surface area contributed by atoms with Crippen molar-refractivity contribution in [2.45, 2.75) is 19.9 Å². The molecule has 0 heterocycles. The number of anilines is 1. The number of benzene rings is 1. The fourth-order valence-electron chi connectivity index (χ4n) is 1.39. The molecule has 1 rings (SSSR count). The average molecular weight is 223 g/mol. The highest BCUT2D eigenvalue weighted by molar-refractivity contribution is 5.65. The van der Waals surface area contributed by atoms with Crippen LogP contribution in [0, 0.1) is 17.0 Å². The second-order valence-corrected chi connectivity index (χ2v) is 3.80. The van der Waals surface area contributed by atoms with Gasteiger partial charge in [0.25, 0.3) is 5.69 Å². The molecule has 16 heavy (non-hydrogen) atoms. The highest BCUT2D eigenvalue weighted by Crippen LogP contribution is 2.27. The van der Waals surface area contributed by atoms with E-state index in [0.717, 1.165) is 5.56 Å². The van der Waals surface area contributed by atoms with Gasteiger partial charge in [0.05, 0.1) is 4.92 Å². The molecule has 1 aromatic rings. The lowest BCUT2D eigenvalue weighted by molar-refractivity contribution is -0.384. The van der Waals surface area contributed by atoms with Crippen LogP contribution in [0.2, 0.25) is 0 Å². The monoisotopic (exact) mass is 223 g/mol. The molecule has 0 amide bonds. The predicted molar refractivity (Wildman–Crippen MR) is 64.8 cm³/mol. The maximum absolute atomic E-state index is 10.8. The minimum Gasteiger partial charge on any atom is -0.378 e. The topological polar surface area (TPSA) is 67.2 Å². The molecule has 5 nitrogen and oxygen atoms in total. The summed E-state index contributed by atoms with van der Waals surface area (Å²) in [5.41, 5.74) is 1.62. The van der Waals surface area contributed by atoms with Crippen molar-refractivity contribution in [3.8, 4) is 0 Å². The van der Waals surface area contributed by atoms with Gasteiger partial charge in [-0.1, -0.05) is 12.1 Å². The first-order chi connectivity index (χ1) is 7.56. The van der Waals surface area contributed by atoms with Crippen molar-refractivity contribution in [1.29, 1.82) is 0 Å². The number of hydrogen-bond acceptors (Lipinski definition) is 4. The summed E-state index contributed by atoms with van der Waals surface area (Å²) in [5.74, 6) is 0. The lowest BCUT2D eigenvalue weighted by Crippen LogP contribution is -2.29. The number of para-hydroxylation sites is 1. The third-order valence-electron chi connectivity index (χ3n) is 2.53. The van der Waals surface area contributed by atoms with Crippen LogP contribution in [0.1, 0.15) is 12.5 Å². The van der Waals surface area contributed by atoms with E-state index >= 15 is 0 Å². The highest BCUT2D eigenvalue weighted by atomic mass is 16.6. The number of rotatable bonds is 5. The third-order valence-corrected chi connectivity index (χ3v) is 2.53. The van der Waals surface area contributed by atoms with E-state index in [2.05, 4.69) is 10.6 Å². The Morgan fingerprint density at radius 3 is 2.75 bits per heavy atom. The van der Waals surface area contributed by atoms with Gasteiger partial charge in [0.15, 0.2) is 0 Å². The average Bonchev–Trinajstić information content (AvgIpc) is 2.26. The van der Waals surface area contributed by atoms with Crippen molar-refractivity contribution in [1.82, 2.24) is 5.32 Å². The number of likely N-dealkylation sites (N-methyl/N-ethyl adjacent to an activating group) is 1. The molecule has 0 aliphatic heterocycles. The SMILES string of the molecule is CNC(C)CNc1c(C)cccc1[N+](=O)[O-]. The summed E-state index contributed by atoms with van der Waals surface area (Å²) >= 11 is 0. The van der Waals surface area contributed by atoms with Crippen LogP contribution in [0.5, 0.6) is 0 Å². The lowest BCUT2D eigenvalue weighted by atomic mass is 10.1. The van der Waals surface area contributed by atoms with Crippen LogP contribution in [-0.4, -0.2) is 24.6 Å². The summed E-state index contributed by atoms with van der Waals surface area (Å²) in [7, 11) is 1.86. The molecule has 0 spiro atoms. The van der Waals surface area contributed by atoms with E-state index < -0.39 is 0 Å². The quantitative estimate of drug-likeness (QED) is 0.591. The number of nitrogens with zero attached hydrogens (tertiary/aromatic N) is 1. The maximum atomic E-state index is 10.8. The fourth-order valence-corrected chi connectivity index (χ4v) is 1.39. The molecule has 0 aliphatic rings. The number of nitro groups is 1. The second kappa shape index (κ2) is 5.46. The molecule has 0 saturated carbocycles. The molecular weight excluding hydrogens is 206 g/mol. The Balaban J connectivity index is 2.88. The van der Waals surface area contributed by atoms with Crippen LogP contribution < -0.4 is 10.6 Å². The van der Waals surface area contributed by atoms with Crippen LogP contribution in [0.3, 0.4) is 0 Å². The van der Waals surface area contributed by atoms with Gasteiger partial charge in [0.1, 0.15) is 5.69 Å². The largest absolute Gasteiger partial charge is 0.378 e. The van der Waals surface area contributed by atoms with Crippen molar-refractivity contribution in [2.75, 3.05) is 18.9 Å². The molecule has 0 aromatic heterocycles. The minimum atomic E-state index is -0.362. The zero-order valence-corrected chi connectivity index (χ0v) is 9.78. The highest BCUT2D eigenvalue weighted by Gasteiger charge is 2.15. The first-order valence-corrected chi connectivity index (χ1v) is 5.21. The van der Waals surface area contributed by atoms with Crippen LogP contribution in [0.4, 0.5) is 11.4 Å². The molecule has 0 saturated heterocycles. The van der Waals surface area contributed by atoms with Crippen molar-refractivity contribution in [3.05, 3.63) is 33.9 Å². The van der Waals surface area contributed by atoms with Gasteiger partial charge in [0, 0.05) is 18.7 Å². The summed E-state index contributed by atoms with van der Waals surface area (Å²) in [6.07, 6.45) is 0. The van der Waals surface area contributed by atoms with Crippen molar-refractivity contribution >= 4 is 11.4 Å². The van der Waals surface area contributed by atoms with E-state index in [1.807, 2.05) is 27.0 Å². The number of nitrogens with one attached hydrogen (secondary N) is 2. The molecule has 1 unspecified atom stereocenters. The van der Waals surface area contributed by atoms with Crippen molar-refractivity contribution < 1.29 is 4.92 Å². The van der Waals surface area contributed by atoms with Crippen LogP contribution in [0.25, 0.3) is 0 Å². The smallest absolute Gasteiger partial charge is 0.292 e. The Morgan fingerprint density at radius 2 is 2.19 bits per heavy atom. The lowest BCUT2D eigenvalue weighted by Gasteiger charge is -2.14. The second-order valence-electron chi connectivity index (χ2n) is 3.80. The van der Waals surface area contributed by atoms with Gasteiger partial charge in [-0.05, 0) is 26.5 Å². The summed E-state index contributed by atoms with van der Waals surface area (Å²) in [4.78, 5) is 10.5. The van der Waals surface area contributed by atoms with Gasteiger partial charge < -0.3 is 10.6 Å². The Hall–Kier alpha value is -1.62. The molecule has 0 aliphatic carbocycles. The molecule has 1 aromatic carbocycles. The molecular formula is C11H17N3O2. The van der Waals surface area contributed by atoms with Crippen LogP contribution in [-0.2, 0) is 0 Å². The van der Waals surface area contributed by atoms with E-state index in [4.69, 9.17) is 0 Å². The van der Waals surface area contributed by atoms with Crippen molar-refractivity contribution in [3.63, 3.8) is 0 Å². The van der Waals surface area contributed by atoms with E-state index in [9.17, 15) is 10.1 Å². The van der Waals surface area contributed by atoms with E-state index in [1.165, 1.54) is 6.07 Å². The fraction of sp³-hybridized carbons (Fsp3) is 0.455. The van der Waals surface area contributed by atoms with E-state index in [0.29, 0.717) is 12.2 Å². The molecule has 0 fully saturated rings. The predicted octanol–water partition coefficient (Wildman–Crippen LogP) is 1.92. The zero-order chi connectivity index (χ0) is 12.1. The number of nitro benzene ring substituents is 1. The molecule has 2 N–H and O–H groups in total. The van der Waals surface area contributed by atoms with Gasteiger partial charge in [-0.15, -0.1) is 0 Å². The van der Waals surface area contributed by atoms with E-state index in [-0.39, 0.29) is 16.7 Å². The molecule has 5 heteroatoms. The van der Waals surface area contributed by atoms with Gasteiger partial charge in [-0.3, -0.25) is 10.1 Å². The Morgan fingerprint density at radius 1 is 1.50 bits per heavy atom. The molecule has 1 atom stereocenters. The standard InChI is InChI=1S/C11H17N3O2/c1-8-5-4-6-10(14(15)16)11(8)13-7-9(2)12-3/h4-6,9,12-13H,7H2,1-3H3. The Labute approximate surface area is 95.0 Å². The molecule has 0 bridgehead atoms. The Kier molecular flexibility index (Phi) is 4.25. The van der Waals surface area contributed by atoms with Gasteiger partial charge in [-0.2, -0.15) is 0 Å². The number of aryl methyl sites for hydroxylation is 1. The van der Waals surface area contributed by atoms with Gasteiger partial charge in [0.2, 0.25) is 0 Å². The summed E-state index contributed by atoms with van der Waals surface area (Å²) in [6.45, 7) is 4.53. The van der Waals surface area contributed by atoms with Gasteiger partial charge in [-0.25, -0.2) is 0 Å². The molecule has 88 valence electrons. The van der Waals surface area contributed by atoms with Crippen LogP contribution in [0.15, 0.2) is 18.2 Å². The first-order valence-electron chi connectivity index (χ1n) is 5.21. The Bertz CT molecular complexity index is 379. The zero-order valence-electron chi connectivity index (χ0n) is 9.78. The maximum Gasteiger partial charge on any atom is 0.292 e.